The van der Waals surface area contributed by atoms with Crippen LogP contribution in [0.4, 0.5) is 49.1 Å². The molecule has 4 aromatic carbocycles. The number of halogens is 6. The fraction of sp³-hybridized carbons (Fsp3) is 0.273. The highest BCUT2D eigenvalue weighted by atomic mass is 19.4. The van der Waals surface area contributed by atoms with E-state index in [-0.39, 0.29) is 41.7 Å². The van der Waals surface area contributed by atoms with E-state index in [0.29, 0.717) is 39.8 Å². The number of alkyl halides is 6. The highest BCUT2D eigenvalue weighted by Gasteiger charge is 2.40. The first-order valence-electron chi connectivity index (χ1n) is 15.1. The van der Waals surface area contributed by atoms with Crippen molar-refractivity contribution in [2.75, 3.05) is 0 Å². The topological polar surface area (TPSA) is 191 Å². The Morgan fingerprint density at radius 1 is 0.528 bits per heavy atom. The van der Waals surface area contributed by atoms with Gasteiger partial charge in [0.1, 0.15) is 11.5 Å². The molecule has 20 heteroatoms. The molecule has 0 heterocycles. The van der Waals surface area contributed by atoms with Crippen LogP contribution in [-0.4, -0.2) is 19.7 Å². The minimum Gasteiger partial charge on any atom is -0.444 e. The first kappa shape index (κ1) is 39.4. The monoisotopic (exact) mass is 752 g/mol. The number of aryl methyl sites for hydroxylation is 4. The zero-order valence-corrected chi connectivity index (χ0v) is 28.0. The van der Waals surface area contributed by atoms with Crippen LogP contribution in [-0.2, 0) is 18.8 Å². The van der Waals surface area contributed by atoms with Crippen LogP contribution in [0.1, 0.15) is 57.3 Å². The third kappa shape index (κ3) is 8.42. The molecule has 0 aliphatic rings. The Balaban J connectivity index is 1.66. The van der Waals surface area contributed by atoms with Gasteiger partial charge in [0.25, 0.3) is 11.5 Å². The number of nitrogens with zero attached hydrogens (tertiary/aromatic N) is 4. The molecule has 0 radical (unpaired) electrons. The molecule has 1 unspecified atom stereocenters. The molecule has 4 rings (SSSR count). The first-order valence-corrected chi connectivity index (χ1v) is 15.1. The maximum absolute atomic E-state index is 13.3. The number of hydrogen-bond acceptors (Lipinski definition) is 10. The molecular formula is C33H26F6N4O10. The van der Waals surface area contributed by atoms with E-state index in [0.717, 1.165) is 0 Å². The summed E-state index contributed by atoms with van der Waals surface area (Å²) < 4.78 is 91.3. The molecule has 0 fully saturated rings. The fourth-order valence-corrected chi connectivity index (χ4v) is 5.70. The van der Waals surface area contributed by atoms with Crippen molar-refractivity contribution < 1.29 is 55.5 Å². The lowest BCUT2D eigenvalue weighted by Crippen LogP contribution is -2.09. The van der Waals surface area contributed by atoms with Gasteiger partial charge in [0.2, 0.25) is 0 Å². The summed E-state index contributed by atoms with van der Waals surface area (Å²) in [5.41, 5.74) is -5.52. The summed E-state index contributed by atoms with van der Waals surface area (Å²) >= 11 is 0. The van der Waals surface area contributed by atoms with Crippen LogP contribution in [0, 0.1) is 68.2 Å². The largest absolute Gasteiger partial charge is 0.444 e. The molecule has 0 aromatic heterocycles. The van der Waals surface area contributed by atoms with Crippen LogP contribution < -0.4 is 9.47 Å². The molecule has 0 saturated heterocycles. The van der Waals surface area contributed by atoms with Gasteiger partial charge in [0, 0.05) is 24.3 Å². The molecule has 0 saturated carbocycles. The van der Waals surface area contributed by atoms with Crippen molar-refractivity contribution >= 4 is 22.7 Å². The van der Waals surface area contributed by atoms with Crippen molar-refractivity contribution in [2.24, 2.45) is 0 Å². The molecule has 0 amide bonds. The highest BCUT2D eigenvalue weighted by molar-refractivity contribution is 5.66. The van der Waals surface area contributed by atoms with Crippen molar-refractivity contribution in [1.82, 2.24) is 0 Å². The summed E-state index contributed by atoms with van der Waals surface area (Å²) in [7, 11) is 0. The van der Waals surface area contributed by atoms with Crippen LogP contribution in [0.3, 0.4) is 0 Å². The molecule has 1 atom stereocenters. The molecule has 53 heavy (non-hydrogen) atoms. The summed E-state index contributed by atoms with van der Waals surface area (Å²) in [6.45, 7) is 7.93. The van der Waals surface area contributed by atoms with Crippen molar-refractivity contribution in [1.29, 1.82) is 0 Å². The van der Waals surface area contributed by atoms with E-state index >= 15 is 0 Å². The summed E-state index contributed by atoms with van der Waals surface area (Å²) in [6, 6.07) is 7.06. The number of benzene rings is 4. The summed E-state index contributed by atoms with van der Waals surface area (Å²) in [5, 5.41) is 46.7. The number of hydrogen-bond donors (Lipinski definition) is 0. The van der Waals surface area contributed by atoms with Crippen LogP contribution >= 0.6 is 0 Å². The van der Waals surface area contributed by atoms with E-state index in [1.54, 1.807) is 24.3 Å². The van der Waals surface area contributed by atoms with E-state index < -0.39 is 77.4 Å². The van der Waals surface area contributed by atoms with Crippen molar-refractivity contribution in [3.8, 4) is 23.0 Å². The average molecular weight is 753 g/mol. The van der Waals surface area contributed by atoms with Gasteiger partial charge in [-0.15, -0.1) is 0 Å². The lowest BCUT2D eigenvalue weighted by molar-refractivity contribution is -0.396. The van der Waals surface area contributed by atoms with Gasteiger partial charge in [0.15, 0.2) is 0 Å². The summed E-state index contributed by atoms with van der Waals surface area (Å²) in [5.74, 6) is -2.38. The van der Waals surface area contributed by atoms with Crippen LogP contribution in [0.15, 0.2) is 48.5 Å². The van der Waals surface area contributed by atoms with Gasteiger partial charge in [-0.1, -0.05) is 31.2 Å². The maximum Gasteiger partial charge on any atom is 0.416 e. The zero-order chi connectivity index (χ0) is 39.9. The smallest absolute Gasteiger partial charge is 0.416 e. The molecule has 0 aliphatic carbocycles. The summed E-state index contributed by atoms with van der Waals surface area (Å²) in [6.07, 6.45) is -9.90. The quantitative estimate of drug-likeness (QED) is 0.0809. The lowest BCUT2D eigenvalue weighted by Gasteiger charge is -2.19. The van der Waals surface area contributed by atoms with E-state index in [9.17, 15) is 66.8 Å². The van der Waals surface area contributed by atoms with Gasteiger partial charge >= 0.3 is 35.1 Å². The third-order valence-corrected chi connectivity index (χ3v) is 8.06. The molecule has 0 N–H and O–H groups in total. The van der Waals surface area contributed by atoms with E-state index in [2.05, 4.69) is 0 Å². The normalized spacial score (nSPS) is 12.3. The first-order chi connectivity index (χ1) is 24.4. The second kappa shape index (κ2) is 14.4. The Morgan fingerprint density at radius 2 is 0.811 bits per heavy atom. The number of nitro benzene ring substituents is 4. The van der Waals surface area contributed by atoms with Crippen molar-refractivity contribution in [3.05, 3.63) is 133 Å². The minimum absolute atomic E-state index is 0.0630. The molecule has 14 nitrogen and oxygen atoms in total. The Hall–Kier alpha value is -6.34. The Bertz CT molecular complexity index is 2070. The highest BCUT2D eigenvalue weighted by Crippen LogP contribution is 2.47. The second-order valence-electron chi connectivity index (χ2n) is 12.1. The van der Waals surface area contributed by atoms with Crippen LogP contribution in [0.5, 0.6) is 23.0 Å². The molecular weight excluding hydrogens is 726 g/mol. The van der Waals surface area contributed by atoms with Gasteiger partial charge in [-0.05, 0) is 73.4 Å². The van der Waals surface area contributed by atoms with Crippen molar-refractivity contribution in [2.45, 2.75) is 59.3 Å². The molecule has 0 bridgehead atoms. The fourth-order valence-electron chi connectivity index (χ4n) is 5.70. The number of rotatable bonds is 11. The maximum atomic E-state index is 13.3. The molecule has 280 valence electrons. The molecule has 0 spiro atoms. The average Bonchev–Trinajstić information content (AvgIpc) is 3.02. The van der Waals surface area contributed by atoms with E-state index in [1.807, 2.05) is 6.92 Å². The van der Waals surface area contributed by atoms with E-state index in [1.165, 1.54) is 27.7 Å². The van der Waals surface area contributed by atoms with Gasteiger partial charge in [0.05, 0.1) is 30.8 Å². The second-order valence-corrected chi connectivity index (χ2v) is 12.1. The Labute approximate surface area is 294 Å². The zero-order valence-electron chi connectivity index (χ0n) is 28.0. The van der Waals surface area contributed by atoms with Gasteiger partial charge < -0.3 is 9.47 Å². The minimum atomic E-state index is -5.12. The lowest BCUT2D eigenvalue weighted by atomic mass is 9.90. The summed E-state index contributed by atoms with van der Waals surface area (Å²) in [4.78, 5) is 41.8. The standard InChI is InChI=1S/C33H26F6N4O10/c1-15(21-9-18(4)29(19(5)10-21)53-31-26(42(48)49)13-23(33(37,38)39)14-27(31)43(50)51)6-20-7-16(2)28(17(3)8-20)52-30-24(40(44)45)11-22(32(34,35)36)12-25(30)41(46)47/h7-15H,6H2,1-5H3. The Kier molecular flexibility index (Phi) is 10.7. The van der Waals surface area contributed by atoms with Crippen molar-refractivity contribution in [3.63, 3.8) is 0 Å². The third-order valence-electron chi connectivity index (χ3n) is 8.06. The van der Waals surface area contributed by atoms with Crippen LogP contribution in [0.25, 0.3) is 0 Å². The van der Waals surface area contributed by atoms with Gasteiger partial charge in [-0.25, -0.2) is 0 Å². The predicted octanol–water partition coefficient (Wildman–Crippen LogP) is 10.5. The van der Waals surface area contributed by atoms with Gasteiger partial charge in [-0.3, -0.25) is 40.5 Å². The Morgan fingerprint density at radius 3 is 1.08 bits per heavy atom. The predicted molar refractivity (Wildman–Crippen MR) is 174 cm³/mol. The number of ether oxygens (including phenoxy) is 2. The van der Waals surface area contributed by atoms with Gasteiger partial charge in [-0.2, -0.15) is 26.3 Å². The molecule has 4 aromatic rings. The number of nitro groups is 4. The van der Waals surface area contributed by atoms with E-state index in [4.69, 9.17) is 9.47 Å². The van der Waals surface area contributed by atoms with Crippen LogP contribution in [0.2, 0.25) is 0 Å². The molecule has 0 aliphatic heterocycles. The SMILES string of the molecule is Cc1cc(CC(C)c2cc(C)c(Oc3c([N+](=O)[O-])cc(C(F)(F)F)cc3[N+](=O)[O-])c(C)c2)cc(C)c1Oc1c([N+](=O)[O-])cc(C(F)(F)F)cc1[N+](=O)[O-].